The fraction of sp³-hybridized carbons (Fsp3) is 0.842. The van der Waals surface area contributed by atoms with Crippen molar-refractivity contribution in [1.29, 1.82) is 0 Å². The first kappa shape index (κ1) is 71.9. The number of nitrogens with one attached hydrogen (secondary N) is 3. The Kier molecular flexibility index (Phi) is 28.2. The topological polar surface area (TPSA) is 402 Å². The van der Waals surface area contributed by atoms with Gasteiger partial charge >= 0.3 is 0 Å². The largest absolute Gasteiger partial charge is 0.548 e. The monoisotopic (exact) mass is 1170 g/mol. The number of ether oxygens (including phenoxy) is 4. The second-order valence-corrected chi connectivity index (χ2v) is 24.7. The number of Topliss-reactive ketones (excluding diaryl/α,β-unsaturated/α-hetero) is 4. The molecule has 3 heterocycles. The van der Waals surface area contributed by atoms with Crippen molar-refractivity contribution < 1.29 is 104 Å². The molecule has 4 amide bonds. The van der Waals surface area contributed by atoms with E-state index in [2.05, 4.69) is 21.7 Å². The molecule has 470 valence electrons. The highest BCUT2D eigenvalue weighted by Gasteiger charge is 2.51. The molecule has 0 bridgehead atoms. The molecule has 25 heteroatoms. The SMILES string of the molecule is CC(CC(=O)[C@@H]1CCCN1C(=O)C(CC(=O)[C@@H]([NH3+])C(C)O[C@H]1OC(CO)[C@H](O)[C@H](O[C@@H]2OC(CO)[C@H](O)[C@H](O)C2O)C1C)C(C)C)C(=O)N[C@H](C(=O)CC(C(=O)N[C@H](C(=O)CC(C(=O)N[C@@H](C)C(=O)[O-])C(C)C)C(C)C)C(C)C)C(C)C. The van der Waals surface area contributed by atoms with Crippen molar-refractivity contribution in [2.45, 2.75) is 227 Å². The van der Waals surface area contributed by atoms with Gasteiger partial charge < -0.3 is 86.1 Å². The maximum absolute atomic E-state index is 14.4. The van der Waals surface area contributed by atoms with Crippen LogP contribution in [0.3, 0.4) is 0 Å². The second kappa shape index (κ2) is 32.2. The number of carboxylic acids is 1. The van der Waals surface area contributed by atoms with Crippen LogP contribution in [0, 0.1) is 59.2 Å². The number of carbonyl (C=O) groups excluding carboxylic acids is 9. The number of carbonyl (C=O) groups is 9. The van der Waals surface area contributed by atoms with Crippen molar-refractivity contribution in [3.63, 3.8) is 0 Å². The number of hydrogen-bond donors (Lipinski definition) is 10. The summed E-state index contributed by atoms with van der Waals surface area (Å²) in [4.78, 5) is 124. The molecule has 12 N–H and O–H groups in total. The van der Waals surface area contributed by atoms with E-state index >= 15 is 0 Å². The van der Waals surface area contributed by atoms with Crippen LogP contribution in [0.2, 0.25) is 0 Å². The van der Waals surface area contributed by atoms with Crippen molar-refractivity contribution in [1.82, 2.24) is 20.9 Å². The molecule has 3 rings (SSSR count). The van der Waals surface area contributed by atoms with Crippen LogP contribution >= 0.6 is 0 Å². The van der Waals surface area contributed by atoms with Gasteiger partial charge in [0.1, 0.15) is 42.7 Å². The van der Waals surface area contributed by atoms with Crippen molar-refractivity contribution in [2.24, 2.45) is 59.2 Å². The minimum Gasteiger partial charge on any atom is -0.548 e. The standard InChI is InChI=1S/C57H97N5O20/c1-24(2)33(52(74)59-31(13)55(77)78)19-40(68)45(28(9)10)61-53(75)34(25(3)4)20-39(67)44(27(7)8)60-51(73)29(11)18-37(65)36-16-15-17-62(36)54(76)35(26(5)6)21-38(66)43(58)32(14)79-56-30(12)50(47(70)42(23-64)80-56)82-57-49(72)48(71)46(69)41(22-63)81-57/h24-36,41-50,56-57,63-64,69-72H,15-23,58H2,1-14H3,(H,59,74)(H,60,73)(H,61,75)(H,77,78)/t29?,30?,31-,32?,33?,34?,35?,36-,41?,42?,43-,44-,45-,46-,47-,48-,49?,50+,56-,57-/m0/s1. The Morgan fingerprint density at radius 3 is 1.54 bits per heavy atom. The van der Waals surface area contributed by atoms with E-state index in [4.69, 9.17) is 18.9 Å². The lowest BCUT2D eigenvalue weighted by Gasteiger charge is -2.47. The number of ketones is 4. The van der Waals surface area contributed by atoms with Crippen LogP contribution in [-0.4, -0.2) is 200 Å². The molecule has 0 saturated carbocycles. The Bertz CT molecular complexity index is 2180. The van der Waals surface area contributed by atoms with Crippen molar-refractivity contribution in [3.05, 3.63) is 0 Å². The van der Waals surface area contributed by atoms with Crippen LogP contribution in [0.1, 0.15) is 135 Å². The molecule has 3 aliphatic heterocycles. The predicted molar refractivity (Wildman–Crippen MR) is 290 cm³/mol. The fourth-order valence-electron chi connectivity index (χ4n) is 10.7. The molecule has 0 aromatic carbocycles. The molecule has 0 aromatic rings. The number of hydrogen-bond acceptors (Lipinski definition) is 20. The Morgan fingerprint density at radius 2 is 1.06 bits per heavy atom. The van der Waals surface area contributed by atoms with Crippen LogP contribution in [0.25, 0.3) is 0 Å². The van der Waals surface area contributed by atoms with Gasteiger partial charge in [0.25, 0.3) is 0 Å². The zero-order chi connectivity index (χ0) is 62.5. The predicted octanol–water partition coefficient (Wildman–Crippen LogP) is -2.28. The van der Waals surface area contributed by atoms with Crippen molar-refractivity contribution in [3.8, 4) is 0 Å². The minimum absolute atomic E-state index is 0.226. The van der Waals surface area contributed by atoms with E-state index in [9.17, 15) is 78.9 Å². The van der Waals surface area contributed by atoms with E-state index in [0.717, 1.165) is 0 Å². The molecular formula is C57H97N5O20. The van der Waals surface area contributed by atoms with Crippen LogP contribution in [0.5, 0.6) is 0 Å². The summed E-state index contributed by atoms with van der Waals surface area (Å²) in [6.07, 6.45) is -14.7. The molecule has 25 nitrogen and oxygen atoms in total. The molecule has 20 atom stereocenters. The lowest BCUT2D eigenvalue weighted by Crippen LogP contribution is -2.71. The van der Waals surface area contributed by atoms with E-state index in [1.807, 2.05) is 0 Å². The molecule has 0 aromatic heterocycles. The summed E-state index contributed by atoms with van der Waals surface area (Å²) in [6, 6.07) is -5.37. The lowest BCUT2D eigenvalue weighted by atomic mass is 9.83. The summed E-state index contributed by atoms with van der Waals surface area (Å²) < 4.78 is 23.4. The van der Waals surface area contributed by atoms with Gasteiger partial charge in [0.15, 0.2) is 41.8 Å². The third-order valence-electron chi connectivity index (χ3n) is 16.5. The summed E-state index contributed by atoms with van der Waals surface area (Å²) in [5, 5.41) is 81.2. The molecule has 0 spiro atoms. The fourth-order valence-corrected chi connectivity index (χ4v) is 10.7. The summed E-state index contributed by atoms with van der Waals surface area (Å²) in [5.41, 5.74) is 4.04. The first-order valence-corrected chi connectivity index (χ1v) is 29.0. The van der Waals surface area contributed by atoms with Gasteiger partial charge in [-0.05, 0) is 56.3 Å². The van der Waals surface area contributed by atoms with E-state index in [0.29, 0.717) is 12.8 Å². The zero-order valence-electron chi connectivity index (χ0n) is 50.4. The van der Waals surface area contributed by atoms with Gasteiger partial charge in [-0.1, -0.05) is 83.1 Å². The maximum Gasteiger partial charge on any atom is 0.227 e. The quantitative estimate of drug-likeness (QED) is 0.0339. The van der Waals surface area contributed by atoms with Gasteiger partial charge in [0, 0.05) is 61.8 Å². The molecule has 82 heavy (non-hydrogen) atoms. The summed E-state index contributed by atoms with van der Waals surface area (Å²) >= 11 is 0. The Balaban J connectivity index is 1.67. The summed E-state index contributed by atoms with van der Waals surface area (Å²) in [5.74, 6) is -12.0. The number of carboxylic acid groups (broad SMARTS) is 1. The van der Waals surface area contributed by atoms with Gasteiger partial charge in [-0.3, -0.25) is 38.4 Å². The third-order valence-corrected chi connectivity index (χ3v) is 16.5. The average Bonchev–Trinajstić information content (AvgIpc) is 3.95. The summed E-state index contributed by atoms with van der Waals surface area (Å²) in [6.45, 7) is 22.1. The molecule has 9 unspecified atom stereocenters. The number of amides is 4. The smallest absolute Gasteiger partial charge is 0.227 e. The second-order valence-electron chi connectivity index (χ2n) is 24.7. The van der Waals surface area contributed by atoms with Crippen molar-refractivity contribution >= 4 is 52.7 Å². The minimum atomic E-state index is -1.79. The molecule has 3 saturated heterocycles. The van der Waals surface area contributed by atoms with Crippen LogP contribution < -0.4 is 26.8 Å². The van der Waals surface area contributed by atoms with Gasteiger partial charge in [0.05, 0.1) is 49.5 Å². The molecule has 0 radical (unpaired) electrons. The number of rotatable bonds is 32. The number of quaternary nitrogens is 1. The first-order chi connectivity index (χ1) is 38.1. The highest BCUT2D eigenvalue weighted by Crippen LogP contribution is 2.34. The van der Waals surface area contributed by atoms with Gasteiger partial charge in [-0.15, -0.1) is 0 Å². The Hall–Kier alpha value is -4.41. The first-order valence-electron chi connectivity index (χ1n) is 29.0. The Labute approximate surface area is 481 Å². The zero-order valence-corrected chi connectivity index (χ0v) is 50.4. The third kappa shape index (κ3) is 18.8. The molecule has 3 aliphatic rings. The highest BCUT2D eigenvalue weighted by atomic mass is 16.7. The van der Waals surface area contributed by atoms with Crippen LogP contribution in [0.15, 0.2) is 0 Å². The number of aliphatic carboxylic acids is 1. The van der Waals surface area contributed by atoms with E-state index < -0.39 is 199 Å². The molecule has 0 aliphatic carbocycles. The van der Waals surface area contributed by atoms with Gasteiger partial charge in [-0.25, -0.2) is 0 Å². The van der Waals surface area contributed by atoms with Crippen LogP contribution in [-0.2, 0) is 62.1 Å². The van der Waals surface area contributed by atoms with Gasteiger partial charge in [-0.2, -0.15) is 0 Å². The van der Waals surface area contributed by atoms with Crippen LogP contribution in [0.4, 0.5) is 0 Å². The number of aliphatic hydroxyl groups excluding tert-OH is 6. The van der Waals surface area contributed by atoms with Crippen molar-refractivity contribution in [2.75, 3.05) is 19.8 Å². The Morgan fingerprint density at radius 1 is 0.598 bits per heavy atom. The van der Waals surface area contributed by atoms with E-state index in [1.165, 1.54) is 18.7 Å². The lowest BCUT2D eigenvalue weighted by molar-refractivity contribution is -0.432. The highest BCUT2D eigenvalue weighted by molar-refractivity contribution is 5.98. The number of nitrogens with zero attached hydrogens (tertiary/aromatic N) is 1. The average molecular weight is 1170 g/mol. The normalized spacial score (nSPS) is 28.4. The van der Waals surface area contributed by atoms with Gasteiger partial charge in [0.2, 0.25) is 23.6 Å². The summed E-state index contributed by atoms with van der Waals surface area (Å²) in [7, 11) is 0. The molecular weight excluding hydrogens is 1070 g/mol. The van der Waals surface area contributed by atoms with E-state index in [1.54, 1.807) is 83.1 Å². The maximum atomic E-state index is 14.4. The number of likely N-dealkylation sites (tertiary alicyclic amines) is 1. The molecule has 3 fully saturated rings. The number of aliphatic hydroxyl groups is 6. The van der Waals surface area contributed by atoms with E-state index in [-0.39, 0.29) is 49.8 Å².